The first-order chi connectivity index (χ1) is 7.29. The zero-order valence-electron chi connectivity index (χ0n) is 8.17. The maximum atomic E-state index is 9.30. The second-order valence-electron chi connectivity index (χ2n) is 3.16. The Morgan fingerprint density at radius 3 is 3.00 bits per heavy atom. The van der Waals surface area contributed by atoms with Gasteiger partial charge in [-0.3, -0.25) is 0 Å². The minimum atomic E-state index is 0.211. The molecular weight excluding hydrogens is 192 g/mol. The van der Waals surface area contributed by atoms with Gasteiger partial charge in [-0.15, -0.1) is 0 Å². The minimum absolute atomic E-state index is 0.211. The van der Waals surface area contributed by atoms with E-state index in [4.69, 9.17) is 5.73 Å². The number of hydrogen-bond donors (Lipinski definition) is 2. The standard InChI is InChI=1S/C10H12N4O/c11-5-4-10-12-7-14(13-10)8-2-1-3-9(15)6-8/h1-3,6-7,15H,4-5,11H2. The fraction of sp³-hybridized carbons (Fsp3) is 0.200. The van der Waals surface area contributed by atoms with Crippen molar-refractivity contribution in [1.29, 1.82) is 0 Å². The van der Waals surface area contributed by atoms with Crippen molar-refractivity contribution in [1.82, 2.24) is 14.8 Å². The first kappa shape index (κ1) is 9.67. The van der Waals surface area contributed by atoms with Gasteiger partial charge in [0.15, 0.2) is 5.82 Å². The number of aromatic nitrogens is 3. The SMILES string of the molecule is NCCc1ncn(-c2cccc(O)c2)n1. The smallest absolute Gasteiger partial charge is 0.152 e. The number of nitrogens with two attached hydrogens (primary N) is 1. The molecule has 0 aliphatic rings. The van der Waals surface area contributed by atoms with Crippen LogP contribution in [0.4, 0.5) is 0 Å². The molecule has 0 spiro atoms. The second-order valence-corrected chi connectivity index (χ2v) is 3.16. The molecule has 2 rings (SSSR count). The highest BCUT2D eigenvalue weighted by Crippen LogP contribution is 2.13. The monoisotopic (exact) mass is 204 g/mol. The summed E-state index contributed by atoms with van der Waals surface area (Å²) in [6, 6.07) is 6.84. The molecule has 0 aliphatic carbocycles. The van der Waals surface area contributed by atoms with Gasteiger partial charge in [0.1, 0.15) is 12.1 Å². The van der Waals surface area contributed by atoms with Crippen molar-refractivity contribution in [3.05, 3.63) is 36.4 Å². The summed E-state index contributed by atoms with van der Waals surface area (Å²) in [5.41, 5.74) is 6.19. The molecule has 78 valence electrons. The molecule has 0 bridgehead atoms. The van der Waals surface area contributed by atoms with Crippen LogP contribution in [-0.4, -0.2) is 26.4 Å². The van der Waals surface area contributed by atoms with Crippen LogP contribution in [0, 0.1) is 0 Å². The predicted octanol–water partition coefficient (Wildman–Crippen LogP) is 0.474. The van der Waals surface area contributed by atoms with Gasteiger partial charge in [0.2, 0.25) is 0 Å². The summed E-state index contributed by atoms with van der Waals surface area (Å²) in [4.78, 5) is 4.10. The first-order valence-corrected chi connectivity index (χ1v) is 4.69. The number of aromatic hydroxyl groups is 1. The Morgan fingerprint density at radius 2 is 2.27 bits per heavy atom. The highest BCUT2D eigenvalue weighted by Gasteiger charge is 2.02. The zero-order valence-corrected chi connectivity index (χ0v) is 8.17. The van der Waals surface area contributed by atoms with Gasteiger partial charge in [-0.1, -0.05) is 6.07 Å². The molecule has 2 aromatic rings. The third-order valence-electron chi connectivity index (χ3n) is 2.00. The van der Waals surface area contributed by atoms with E-state index < -0.39 is 0 Å². The summed E-state index contributed by atoms with van der Waals surface area (Å²) in [5, 5.41) is 13.5. The molecule has 0 aliphatic heterocycles. The lowest BCUT2D eigenvalue weighted by atomic mass is 10.3. The number of benzene rings is 1. The van der Waals surface area contributed by atoms with Crippen LogP contribution in [0.1, 0.15) is 5.82 Å². The fourth-order valence-corrected chi connectivity index (χ4v) is 1.30. The Bertz CT molecular complexity index is 452. The summed E-state index contributed by atoms with van der Waals surface area (Å²) in [7, 11) is 0. The van der Waals surface area contributed by atoms with Gasteiger partial charge in [0.25, 0.3) is 0 Å². The summed E-state index contributed by atoms with van der Waals surface area (Å²) in [6.45, 7) is 0.532. The van der Waals surface area contributed by atoms with Crippen molar-refractivity contribution >= 4 is 0 Å². The Labute approximate surface area is 87.2 Å². The van der Waals surface area contributed by atoms with Gasteiger partial charge in [-0.05, 0) is 18.7 Å². The summed E-state index contributed by atoms with van der Waals surface area (Å²) >= 11 is 0. The molecule has 1 aromatic carbocycles. The first-order valence-electron chi connectivity index (χ1n) is 4.69. The van der Waals surface area contributed by atoms with Gasteiger partial charge in [0.05, 0.1) is 5.69 Å². The molecule has 0 atom stereocenters. The Balaban J connectivity index is 2.29. The van der Waals surface area contributed by atoms with Crippen molar-refractivity contribution < 1.29 is 5.11 Å². The van der Waals surface area contributed by atoms with Crippen LogP contribution in [0.5, 0.6) is 5.75 Å². The van der Waals surface area contributed by atoms with Gasteiger partial charge >= 0.3 is 0 Å². The van der Waals surface area contributed by atoms with E-state index in [2.05, 4.69) is 10.1 Å². The molecule has 5 heteroatoms. The molecule has 0 radical (unpaired) electrons. The van der Waals surface area contributed by atoms with Crippen molar-refractivity contribution in [2.24, 2.45) is 5.73 Å². The highest BCUT2D eigenvalue weighted by molar-refractivity contribution is 5.37. The van der Waals surface area contributed by atoms with Crippen LogP contribution in [0.25, 0.3) is 5.69 Å². The highest BCUT2D eigenvalue weighted by atomic mass is 16.3. The van der Waals surface area contributed by atoms with Gasteiger partial charge < -0.3 is 10.8 Å². The summed E-state index contributed by atoms with van der Waals surface area (Å²) < 4.78 is 1.62. The molecular formula is C10H12N4O. The lowest BCUT2D eigenvalue weighted by Crippen LogP contribution is -2.04. The molecule has 1 heterocycles. The maximum absolute atomic E-state index is 9.30. The maximum Gasteiger partial charge on any atom is 0.152 e. The average molecular weight is 204 g/mol. The second kappa shape index (κ2) is 4.10. The number of hydrogen-bond acceptors (Lipinski definition) is 4. The third kappa shape index (κ3) is 2.13. The van der Waals surface area contributed by atoms with E-state index in [0.29, 0.717) is 18.8 Å². The van der Waals surface area contributed by atoms with E-state index in [9.17, 15) is 5.11 Å². The quantitative estimate of drug-likeness (QED) is 0.762. The van der Waals surface area contributed by atoms with Crippen LogP contribution >= 0.6 is 0 Å². The van der Waals surface area contributed by atoms with Crippen LogP contribution in [-0.2, 0) is 6.42 Å². The van der Waals surface area contributed by atoms with E-state index in [-0.39, 0.29) is 5.75 Å². The van der Waals surface area contributed by atoms with Crippen LogP contribution in [0.2, 0.25) is 0 Å². The van der Waals surface area contributed by atoms with Crippen molar-refractivity contribution in [3.8, 4) is 11.4 Å². The number of nitrogens with zero attached hydrogens (tertiary/aromatic N) is 3. The normalized spacial score (nSPS) is 10.5. The predicted molar refractivity (Wildman–Crippen MR) is 55.8 cm³/mol. The molecule has 5 nitrogen and oxygen atoms in total. The minimum Gasteiger partial charge on any atom is -0.508 e. The molecule has 0 saturated carbocycles. The topological polar surface area (TPSA) is 77.0 Å². The van der Waals surface area contributed by atoms with Crippen LogP contribution in [0.15, 0.2) is 30.6 Å². The van der Waals surface area contributed by atoms with Gasteiger partial charge in [0, 0.05) is 12.5 Å². The van der Waals surface area contributed by atoms with E-state index >= 15 is 0 Å². The Morgan fingerprint density at radius 1 is 1.40 bits per heavy atom. The molecule has 1 aromatic heterocycles. The lowest BCUT2D eigenvalue weighted by Gasteiger charge is -1.99. The molecule has 0 unspecified atom stereocenters. The fourth-order valence-electron chi connectivity index (χ4n) is 1.30. The number of phenols is 1. The van der Waals surface area contributed by atoms with Crippen molar-refractivity contribution in [3.63, 3.8) is 0 Å². The molecule has 15 heavy (non-hydrogen) atoms. The largest absolute Gasteiger partial charge is 0.508 e. The Kier molecular flexibility index (Phi) is 2.64. The molecule has 0 amide bonds. The van der Waals surface area contributed by atoms with E-state index in [1.54, 1.807) is 29.2 Å². The average Bonchev–Trinajstić information content (AvgIpc) is 2.67. The third-order valence-corrected chi connectivity index (χ3v) is 2.00. The van der Waals surface area contributed by atoms with Crippen LogP contribution < -0.4 is 5.73 Å². The Hall–Kier alpha value is -1.88. The van der Waals surface area contributed by atoms with Crippen LogP contribution in [0.3, 0.4) is 0 Å². The number of phenolic OH excluding ortho intramolecular Hbond substituents is 1. The molecule has 3 N–H and O–H groups in total. The van der Waals surface area contributed by atoms with Gasteiger partial charge in [-0.25, -0.2) is 9.67 Å². The molecule has 0 saturated heterocycles. The van der Waals surface area contributed by atoms with Gasteiger partial charge in [-0.2, -0.15) is 5.10 Å². The zero-order chi connectivity index (χ0) is 10.7. The summed E-state index contributed by atoms with van der Waals surface area (Å²) in [5.74, 6) is 0.921. The van der Waals surface area contributed by atoms with E-state index in [1.807, 2.05) is 6.07 Å². The van der Waals surface area contributed by atoms with E-state index in [1.165, 1.54) is 0 Å². The summed E-state index contributed by atoms with van der Waals surface area (Å²) in [6.07, 6.45) is 2.27. The number of rotatable bonds is 3. The molecule has 0 fully saturated rings. The van der Waals surface area contributed by atoms with E-state index in [0.717, 1.165) is 5.69 Å². The lowest BCUT2D eigenvalue weighted by molar-refractivity contribution is 0.475. The van der Waals surface area contributed by atoms with Crippen molar-refractivity contribution in [2.75, 3.05) is 6.54 Å². The van der Waals surface area contributed by atoms with Crippen molar-refractivity contribution in [2.45, 2.75) is 6.42 Å².